The van der Waals surface area contributed by atoms with Crippen molar-refractivity contribution in [2.45, 2.75) is 60.0 Å². The van der Waals surface area contributed by atoms with E-state index < -0.39 is 0 Å². The maximum atomic E-state index is 14.5. The number of carbonyl (C=O) groups is 1. The summed E-state index contributed by atoms with van der Waals surface area (Å²) in [6, 6.07) is 5.65. The van der Waals surface area contributed by atoms with Gasteiger partial charge in [-0.05, 0) is 51.3 Å². The number of nitrogens with one attached hydrogen (secondary N) is 2. The molecule has 1 aliphatic rings. The first-order valence-electron chi connectivity index (χ1n) is 11.3. The smallest absolute Gasteiger partial charge is 0.225 e. The predicted molar refractivity (Wildman–Crippen MR) is 138 cm³/mol. The van der Waals surface area contributed by atoms with Gasteiger partial charge in [0.1, 0.15) is 5.82 Å². The molecule has 1 amide bonds. The number of nitrogens with zero attached hydrogens (tertiary/aromatic N) is 3. The van der Waals surface area contributed by atoms with Crippen LogP contribution < -0.4 is 15.5 Å². The van der Waals surface area contributed by atoms with Crippen molar-refractivity contribution >= 4 is 41.5 Å². The normalized spacial score (nSPS) is 14.9. The molecule has 176 valence electrons. The van der Waals surface area contributed by atoms with Crippen molar-refractivity contribution in [1.82, 2.24) is 15.5 Å². The van der Waals surface area contributed by atoms with Crippen LogP contribution in [0.4, 0.5) is 10.1 Å². The van der Waals surface area contributed by atoms with Gasteiger partial charge in [-0.1, -0.05) is 19.9 Å². The number of benzene rings is 1. The summed E-state index contributed by atoms with van der Waals surface area (Å²) in [6.45, 7) is 14.2. The average Bonchev–Trinajstić information content (AvgIpc) is 2.74. The summed E-state index contributed by atoms with van der Waals surface area (Å²) in [4.78, 5) is 20.8. The standard InChI is InChI=1S/C23H38FN5O.HI/c1-6-25-23(27-19-11-13-29(14-12-19)22(30)17(4)5)26-16-18-9-10-21(20(24)15-18)28(7-2)8-3;/h9-10,15,17,19H,6-8,11-14,16H2,1-5H3,(H2,25,26,27);1H. The second-order valence-electron chi connectivity index (χ2n) is 8.05. The lowest BCUT2D eigenvalue weighted by atomic mass is 10.0. The summed E-state index contributed by atoms with van der Waals surface area (Å²) in [5.41, 5.74) is 1.48. The zero-order valence-electron chi connectivity index (χ0n) is 19.6. The summed E-state index contributed by atoms with van der Waals surface area (Å²) < 4.78 is 14.5. The lowest BCUT2D eigenvalue weighted by Gasteiger charge is -2.34. The molecule has 2 rings (SSSR count). The molecule has 1 aromatic carbocycles. The monoisotopic (exact) mass is 547 g/mol. The zero-order valence-corrected chi connectivity index (χ0v) is 21.9. The first kappa shape index (κ1) is 27.5. The Kier molecular flexibility index (Phi) is 12.2. The third-order valence-electron chi connectivity index (χ3n) is 5.52. The maximum Gasteiger partial charge on any atom is 0.225 e. The van der Waals surface area contributed by atoms with Gasteiger partial charge in [0.2, 0.25) is 5.91 Å². The van der Waals surface area contributed by atoms with E-state index in [0.717, 1.165) is 57.1 Å². The Morgan fingerprint density at radius 1 is 1.23 bits per heavy atom. The van der Waals surface area contributed by atoms with E-state index in [2.05, 4.69) is 15.6 Å². The van der Waals surface area contributed by atoms with Gasteiger partial charge in [0.15, 0.2) is 5.96 Å². The van der Waals surface area contributed by atoms with E-state index in [1.54, 1.807) is 6.07 Å². The molecule has 0 bridgehead atoms. The van der Waals surface area contributed by atoms with E-state index in [9.17, 15) is 9.18 Å². The number of rotatable bonds is 8. The average molecular weight is 548 g/mol. The van der Waals surface area contributed by atoms with Crippen LogP contribution in [0.15, 0.2) is 23.2 Å². The number of guanidine groups is 1. The van der Waals surface area contributed by atoms with Gasteiger partial charge in [0.25, 0.3) is 0 Å². The van der Waals surface area contributed by atoms with Gasteiger partial charge in [-0.15, -0.1) is 24.0 Å². The molecule has 0 spiro atoms. The Balaban J connectivity index is 0.00000480. The fourth-order valence-corrected chi connectivity index (χ4v) is 3.76. The molecule has 2 N–H and O–H groups in total. The Morgan fingerprint density at radius 3 is 2.39 bits per heavy atom. The molecule has 0 saturated carbocycles. The van der Waals surface area contributed by atoms with Crippen LogP contribution in [-0.4, -0.2) is 55.5 Å². The second kappa shape index (κ2) is 13.8. The predicted octanol–water partition coefficient (Wildman–Crippen LogP) is 3.99. The van der Waals surface area contributed by atoms with E-state index in [1.807, 2.05) is 56.6 Å². The number of likely N-dealkylation sites (tertiary alicyclic amines) is 1. The molecule has 31 heavy (non-hydrogen) atoms. The SMILES string of the molecule is CCNC(=NCc1ccc(N(CC)CC)c(F)c1)NC1CCN(C(=O)C(C)C)CC1.I. The number of hydrogen-bond acceptors (Lipinski definition) is 3. The minimum absolute atomic E-state index is 0. The fraction of sp³-hybridized carbons (Fsp3) is 0.652. The van der Waals surface area contributed by atoms with Crippen LogP contribution in [0.25, 0.3) is 0 Å². The first-order valence-corrected chi connectivity index (χ1v) is 11.3. The number of amides is 1. The van der Waals surface area contributed by atoms with Crippen LogP contribution in [0, 0.1) is 11.7 Å². The largest absolute Gasteiger partial charge is 0.370 e. The van der Waals surface area contributed by atoms with E-state index in [-0.39, 0.29) is 47.7 Å². The Bertz CT molecular complexity index is 716. The summed E-state index contributed by atoms with van der Waals surface area (Å²) in [5, 5.41) is 6.75. The molecule has 6 nitrogen and oxygen atoms in total. The molecule has 0 atom stereocenters. The molecule has 0 unspecified atom stereocenters. The molecule has 1 fully saturated rings. The molecule has 8 heteroatoms. The number of hydrogen-bond donors (Lipinski definition) is 2. The van der Waals surface area contributed by atoms with E-state index in [1.165, 1.54) is 0 Å². The summed E-state index contributed by atoms with van der Waals surface area (Å²) in [7, 11) is 0. The molecule has 1 saturated heterocycles. The highest BCUT2D eigenvalue weighted by Gasteiger charge is 2.24. The van der Waals surface area contributed by atoms with Crippen LogP contribution in [0.3, 0.4) is 0 Å². The Labute approximate surface area is 204 Å². The number of anilines is 1. The lowest BCUT2D eigenvalue weighted by Crippen LogP contribution is -2.50. The van der Waals surface area contributed by atoms with Crippen molar-refractivity contribution in [2.75, 3.05) is 37.6 Å². The fourth-order valence-electron chi connectivity index (χ4n) is 3.76. The van der Waals surface area contributed by atoms with Gasteiger partial charge in [0, 0.05) is 44.7 Å². The van der Waals surface area contributed by atoms with Crippen molar-refractivity contribution in [2.24, 2.45) is 10.9 Å². The molecule has 0 radical (unpaired) electrons. The minimum Gasteiger partial charge on any atom is -0.370 e. The number of carbonyl (C=O) groups excluding carboxylic acids is 1. The van der Waals surface area contributed by atoms with Gasteiger partial charge in [0.05, 0.1) is 12.2 Å². The maximum absolute atomic E-state index is 14.5. The quantitative estimate of drug-likeness (QED) is 0.294. The van der Waals surface area contributed by atoms with Crippen molar-refractivity contribution in [1.29, 1.82) is 0 Å². The molecule has 0 aliphatic carbocycles. The van der Waals surface area contributed by atoms with Crippen molar-refractivity contribution in [3.8, 4) is 0 Å². The highest BCUT2D eigenvalue weighted by Crippen LogP contribution is 2.21. The number of piperidine rings is 1. The number of halogens is 2. The van der Waals surface area contributed by atoms with E-state index >= 15 is 0 Å². The summed E-state index contributed by atoms with van der Waals surface area (Å²) in [5.74, 6) is 0.803. The number of aliphatic imine (C=N–C) groups is 1. The minimum atomic E-state index is -0.202. The van der Waals surface area contributed by atoms with Crippen molar-refractivity contribution in [3.63, 3.8) is 0 Å². The van der Waals surface area contributed by atoms with Gasteiger partial charge in [-0.2, -0.15) is 0 Å². The van der Waals surface area contributed by atoms with Gasteiger partial charge >= 0.3 is 0 Å². The highest BCUT2D eigenvalue weighted by molar-refractivity contribution is 14.0. The van der Waals surface area contributed by atoms with Gasteiger partial charge < -0.3 is 20.4 Å². The van der Waals surface area contributed by atoms with Gasteiger partial charge in [-0.25, -0.2) is 9.38 Å². The topological polar surface area (TPSA) is 60.0 Å². The molecular weight excluding hydrogens is 508 g/mol. The second-order valence-corrected chi connectivity index (χ2v) is 8.05. The first-order chi connectivity index (χ1) is 14.4. The Morgan fingerprint density at radius 2 is 1.87 bits per heavy atom. The third-order valence-corrected chi connectivity index (χ3v) is 5.52. The molecule has 1 aliphatic heterocycles. The summed E-state index contributed by atoms with van der Waals surface area (Å²) in [6.07, 6.45) is 1.80. The molecule has 1 aromatic rings. The summed E-state index contributed by atoms with van der Waals surface area (Å²) >= 11 is 0. The van der Waals surface area contributed by atoms with Gasteiger partial charge in [-0.3, -0.25) is 4.79 Å². The van der Waals surface area contributed by atoms with Crippen LogP contribution in [0.1, 0.15) is 53.0 Å². The van der Waals surface area contributed by atoms with Crippen LogP contribution in [0.2, 0.25) is 0 Å². The van der Waals surface area contributed by atoms with E-state index in [0.29, 0.717) is 12.2 Å². The van der Waals surface area contributed by atoms with Crippen molar-refractivity contribution in [3.05, 3.63) is 29.6 Å². The van der Waals surface area contributed by atoms with Crippen molar-refractivity contribution < 1.29 is 9.18 Å². The third kappa shape index (κ3) is 8.12. The Hall–Kier alpha value is -1.58. The van der Waals surface area contributed by atoms with Crippen LogP contribution in [-0.2, 0) is 11.3 Å². The van der Waals surface area contributed by atoms with E-state index in [4.69, 9.17) is 0 Å². The van der Waals surface area contributed by atoms with Crippen LogP contribution >= 0.6 is 24.0 Å². The van der Waals surface area contributed by atoms with Crippen LogP contribution in [0.5, 0.6) is 0 Å². The zero-order chi connectivity index (χ0) is 22.1. The molecule has 0 aromatic heterocycles. The lowest BCUT2D eigenvalue weighted by molar-refractivity contribution is -0.135. The molecular formula is C23H39FIN5O. The molecule has 1 heterocycles. The highest BCUT2D eigenvalue weighted by atomic mass is 127.